The molecule has 3 amide bonds. The van der Waals surface area contributed by atoms with E-state index in [4.69, 9.17) is 26.5 Å². The van der Waals surface area contributed by atoms with Crippen LogP contribution >= 0.6 is 0 Å². The van der Waals surface area contributed by atoms with Gasteiger partial charge >= 0.3 is 24.1 Å². The van der Waals surface area contributed by atoms with E-state index in [0.717, 1.165) is 0 Å². The molecule has 0 aliphatic carbocycles. The number of halogens is 3. The summed E-state index contributed by atoms with van der Waals surface area (Å²) in [4.78, 5) is 42.0. The first kappa shape index (κ1) is 25.7. The molecule has 0 saturated heterocycles. The van der Waals surface area contributed by atoms with Gasteiger partial charge in [0.2, 0.25) is 5.91 Å². The molecule has 0 aromatic rings. The number of rotatable bonds is 8. The van der Waals surface area contributed by atoms with Crippen LogP contribution in [0.1, 0.15) is 26.7 Å². The molecule has 0 saturated carbocycles. The molecule has 10 nitrogen and oxygen atoms in total. The number of carboxylic acid groups (broad SMARTS) is 2. The Hall–Kier alpha value is -2.57. The second kappa shape index (κ2) is 11.9. The minimum atomic E-state index is -5.08. The van der Waals surface area contributed by atoms with Gasteiger partial charge in [-0.05, 0) is 18.8 Å². The second-order valence-corrected chi connectivity index (χ2v) is 5.41. The lowest BCUT2D eigenvalue weighted by atomic mass is 10.0. The molecule has 2 atom stereocenters. The summed E-state index contributed by atoms with van der Waals surface area (Å²) < 4.78 is 31.7. The maximum atomic E-state index is 11.7. The van der Waals surface area contributed by atoms with Crippen molar-refractivity contribution in [2.75, 3.05) is 6.54 Å². The average Bonchev–Trinajstić information content (AvgIpc) is 2.48. The van der Waals surface area contributed by atoms with E-state index in [2.05, 4.69) is 10.6 Å². The molecule has 0 heterocycles. The van der Waals surface area contributed by atoms with E-state index < -0.39 is 42.1 Å². The lowest BCUT2D eigenvalue weighted by Gasteiger charge is -2.19. The molecule has 8 N–H and O–H groups in total. The molecule has 0 aromatic carbocycles. The minimum Gasteiger partial charge on any atom is -0.480 e. The molecule has 26 heavy (non-hydrogen) atoms. The van der Waals surface area contributed by atoms with Crippen LogP contribution < -0.4 is 22.1 Å². The van der Waals surface area contributed by atoms with E-state index >= 15 is 0 Å². The van der Waals surface area contributed by atoms with Crippen LogP contribution in [0.2, 0.25) is 0 Å². The molecule has 0 rings (SSSR count). The summed E-state index contributed by atoms with van der Waals surface area (Å²) in [5, 5.41) is 20.8. The normalized spacial score (nSPS) is 13.0. The number of nitrogens with one attached hydrogen (secondary N) is 2. The van der Waals surface area contributed by atoms with Crippen LogP contribution in [0.3, 0.4) is 0 Å². The van der Waals surface area contributed by atoms with Crippen molar-refractivity contribution in [3.8, 4) is 0 Å². The highest BCUT2D eigenvalue weighted by atomic mass is 19.4. The summed E-state index contributed by atoms with van der Waals surface area (Å²) in [6.07, 6.45) is -4.51. The van der Waals surface area contributed by atoms with E-state index in [-0.39, 0.29) is 18.9 Å². The number of carbonyl (C=O) groups is 4. The Balaban J connectivity index is 0. The van der Waals surface area contributed by atoms with E-state index in [1.165, 1.54) is 0 Å². The van der Waals surface area contributed by atoms with Gasteiger partial charge in [0.15, 0.2) is 0 Å². The molecule has 0 bridgehead atoms. The Morgan fingerprint density at radius 2 is 1.58 bits per heavy atom. The summed E-state index contributed by atoms with van der Waals surface area (Å²) in [6, 6.07) is -2.43. The number of primary amides is 1. The van der Waals surface area contributed by atoms with Gasteiger partial charge in [0.1, 0.15) is 6.04 Å². The number of nitrogens with two attached hydrogens (primary N) is 2. The molecule has 152 valence electrons. The minimum absolute atomic E-state index is 0.0778. The third-order valence-corrected chi connectivity index (χ3v) is 2.85. The quantitative estimate of drug-likeness (QED) is 0.306. The number of carbonyl (C=O) groups excluding carboxylic acids is 2. The molecular formula is C13H23F3N4O6. The van der Waals surface area contributed by atoms with Crippen molar-refractivity contribution in [2.45, 2.75) is 44.9 Å². The van der Waals surface area contributed by atoms with Gasteiger partial charge < -0.3 is 32.3 Å². The monoisotopic (exact) mass is 388 g/mol. The first-order chi connectivity index (χ1) is 11.7. The van der Waals surface area contributed by atoms with Crippen LogP contribution in [0.5, 0.6) is 0 Å². The number of urea groups is 1. The first-order valence-corrected chi connectivity index (χ1v) is 7.32. The summed E-state index contributed by atoms with van der Waals surface area (Å²) in [7, 11) is 0. The van der Waals surface area contributed by atoms with Gasteiger partial charge in [0, 0.05) is 6.54 Å². The zero-order valence-electron chi connectivity index (χ0n) is 14.2. The molecule has 0 aliphatic rings. The zero-order valence-corrected chi connectivity index (χ0v) is 14.2. The Morgan fingerprint density at radius 1 is 1.12 bits per heavy atom. The van der Waals surface area contributed by atoms with Crippen molar-refractivity contribution in [3.63, 3.8) is 0 Å². The van der Waals surface area contributed by atoms with Gasteiger partial charge in [-0.25, -0.2) is 14.4 Å². The van der Waals surface area contributed by atoms with E-state index in [1.54, 1.807) is 13.8 Å². The van der Waals surface area contributed by atoms with Crippen molar-refractivity contribution in [2.24, 2.45) is 17.4 Å². The highest BCUT2D eigenvalue weighted by molar-refractivity contribution is 5.86. The molecule has 13 heteroatoms. The van der Waals surface area contributed by atoms with Gasteiger partial charge in [-0.3, -0.25) is 4.79 Å². The SMILES string of the molecule is CC(C)[C@H](N)C(=O)N[C@@H](CCCNC(N)=O)C(=O)O.O=C(O)C(F)(F)F. The third-order valence-electron chi connectivity index (χ3n) is 2.85. The molecule has 0 radical (unpaired) electrons. The van der Waals surface area contributed by atoms with E-state index in [1.807, 2.05) is 0 Å². The number of amides is 3. The highest BCUT2D eigenvalue weighted by Gasteiger charge is 2.38. The van der Waals surface area contributed by atoms with Gasteiger partial charge in [-0.2, -0.15) is 13.2 Å². The van der Waals surface area contributed by atoms with Crippen molar-refractivity contribution in [3.05, 3.63) is 0 Å². The highest BCUT2D eigenvalue weighted by Crippen LogP contribution is 2.13. The van der Waals surface area contributed by atoms with Crippen LogP contribution in [-0.4, -0.2) is 58.9 Å². The Morgan fingerprint density at radius 3 is 1.88 bits per heavy atom. The zero-order chi connectivity index (χ0) is 21.1. The lowest BCUT2D eigenvalue weighted by Crippen LogP contribution is -2.50. The topological polar surface area (TPSA) is 185 Å². The Labute approximate surface area is 147 Å². The van der Waals surface area contributed by atoms with E-state index in [9.17, 15) is 27.6 Å². The summed E-state index contributed by atoms with van der Waals surface area (Å²) in [6.45, 7) is 3.80. The standard InChI is InChI=1S/C11H22N4O4.C2HF3O2/c1-6(2)8(12)9(16)15-7(10(17)18)4-3-5-14-11(13)19;3-2(4,5)1(6)7/h6-8H,3-5,12H2,1-2H3,(H,15,16)(H,17,18)(H3,13,14,19);(H,6,7)/t7-,8-;/m0./s1. The van der Waals surface area contributed by atoms with E-state index in [0.29, 0.717) is 6.42 Å². The number of hydrogen-bond acceptors (Lipinski definition) is 5. The summed E-state index contributed by atoms with van der Waals surface area (Å²) in [5.74, 6) is -4.47. The van der Waals surface area contributed by atoms with Gasteiger partial charge in [-0.1, -0.05) is 13.8 Å². The fourth-order valence-corrected chi connectivity index (χ4v) is 1.35. The van der Waals surface area contributed by atoms with Crippen LogP contribution in [-0.2, 0) is 14.4 Å². The fourth-order valence-electron chi connectivity index (χ4n) is 1.35. The second-order valence-electron chi connectivity index (χ2n) is 5.41. The van der Waals surface area contributed by atoms with Gasteiger partial charge in [-0.15, -0.1) is 0 Å². The largest absolute Gasteiger partial charge is 0.490 e. The molecular weight excluding hydrogens is 365 g/mol. The number of alkyl halides is 3. The molecule has 0 spiro atoms. The van der Waals surface area contributed by atoms with Crippen LogP contribution in [0.4, 0.5) is 18.0 Å². The third kappa shape index (κ3) is 12.8. The fraction of sp³-hybridized carbons (Fsp3) is 0.692. The first-order valence-electron chi connectivity index (χ1n) is 7.32. The maximum Gasteiger partial charge on any atom is 0.490 e. The maximum absolute atomic E-state index is 11.7. The van der Waals surface area contributed by atoms with Gasteiger partial charge in [0.25, 0.3) is 0 Å². The molecule has 0 unspecified atom stereocenters. The van der Waals surface area contributed by atoms with Crippen LogP contribution in [0.15, 0.2) is 0 Å². The van der Waals surface area contributed by atoms with Crippen molar-refractivity contribution < 1.29 is 42.6 Å². The van der Waals surface area contributed by atoms with Crippen LogP contribution in [0.25, 0.3) is 0 Å². The Bertz CT molecular complexity index is 499. The summed E-state index contributed by atoms with van der Waals surface area (Å²) >= 11 is 0. The van der Waals surface area contributed by atoms with Crippen LogP contribution in [0, 0.1) is 5.92 Å². The predicted octanol–water partition coefficient (Wildman–Crippen LogP) is -0.379. The van der Waals surface area contributed by atoms with Crippen molar-refractivity contribution in [1.29, 1.82) is 0 Å². The summed E-state index contributed by atoms with van der Waals surface area (Å²) in [5.41, 5.74) is 10.5. The average molecular weight is 388 g/mol. The Kier molecular flexibility index (Phi) is 11.7. The molecule has 0 fully saturated rings. The number of carboxylic acids is 2. The van der Waals surface area contributed by atoms with Gasteiger partial charge in [0.05, 0.1) is 6.04 Å². The smallest absolute Gasteiger partial charge is 0.480 e. The predicted molar refractivity (Wildman–Crippen MR) is 82.9 cm³/mol. The van der Waals surface area contributed by atoms with Crippen molar-refractivity contribution in [1.82, 2.24) is 10.6 Å². The lowest BCUT2D eigenvalue weighted by molar-refractivity contribution is -0.192. The number of aliphatic carboxylic acids is 2. The molecule has 0 aliphatic heterocycles. The number of hydrogen-bond donors (Lipinski definition) is 6. The van der Waals surface area contributed by atoms with Crippen molar-refractivity contribution >= 4 is 23.9 Å². The molecule has 0 aromatic heterocycles.